The van der Waals surface area contributed by atoms with E-state index < -0.39 is 10.9 Å². The monoisotopic (exact) mass is 225 g/mol. The Labute approximate surface area is 91.0 Å². The van der Waals surface area contributed by atoms with E-state index >= 15 is 0 Å². The summed E-state index contributed by atoms with van der Waals surface area (Å²) in [6.07, 6.45) is 3.23. The van der Waals surface area contributed by atoms with Gasteiger partial charge >= 0.3 is 5.95 Å². The molecule has 0 radical (unpaired) electrons. The molecule has 0 bridgehead atoms. The highest BCUT2D eigenvalue weighted by Gasteiger charge is 2.21. The highest BCUT2D eigenvalue weighted by atomic mass is 16.6. The molecule has 2 heterocycles. The van der Waals surface area contributed by atoms with Crippen LogP contribution in [0.1, 0.15) is 12.8 Å². The highest BCUT2D eigenvalue weighted by molar-refractivity contribution is 5.76. The van der Waals surface area contributed by atoms with Crippen LogP contribution in [0.3, 0.4) is 0 Å². The minimum atomic E-state index is -0.684. The summed E-state index contributed by atoms with van der Waals surface area (Å²) in [6, 6.07) is 0. The van der Waals surface area contributed by atoms with Crippen molar-refractivity contribution in [1.29, 1.82) is 0 Å². The molecule has 8 heteroatoms. The number of rotatable bonds is 3. The van der Waals surface area contributed by atoms with Crippen LogP contribution in [0.15, 0.2) is 6.33 Å². The van der Waals surface area contributed by atoms with Crippen LogP contribution in [-0.2, 0) is 11.3 Å². The largest absolute Gasteiger partial charge is 0.490 e. The molecular weight excluding hydrogens is 214 g/mol. The number of nitro groups is 1. The lowest BCUT2D eigenvalue weighted by Crippen LogP contribution is -2.31. The minimum absolute atomic E-state index is 0.0147. The summed E-state index contributed by atoms with van der Waals surface area (Å²) in [5, 5.41) is 13.9. The Bertz CT molecular complexity index is 410. The molecule has 8 nitrogen and oxygen atoms in total. The molecule has 16 heavy (non-hydrogen) atoms. The van der Waals surface area contributed by atoms with Gasteiger partial charge in [0.15, 0.2) is 0 Å². The molecule has 1 aliphatic heterocycles. The van der Waals surface area contributed by atoms with E-state index in [-0.39, 0.29) is 12.5 Å². The van der Waals surface area contributed by atoms with Crippen molar-refractivity contribution in [1.82, 2.24) is 19.7 Å². The van der Waals surface area contributed by atoms with Crippen molar-refractivity contribution in [2.24, 2.45) is 0 Å². The van der Waals surface area contributed by atoms with Crippen LogP contribution < -0.4 is 0 Å². The molecule has 0 aromatic carbocycles. The molecule has 0 aliphatic carbocycles. The molecule has 0 N–H and O–H groups in total. The standard InChI is InChI=1S/C8H11N5O3/c14-7(11-3-1-2-4-11)5-12-6-9-8(10-12)13(15)16/h6H,1-5H2. The van der Waals surface area contributed by atoms with Gasteiger partial charge in [0.2, 0.25) is 12.2 Å². The molecule has 2 rings (SSSR count). The van der Waals surface area contributed by atoms with Gasteiger partial charge in [0.05, 0.1) is 0 Å². The Balaban J connectivity index is 1.97. The third-order valence-corrected chi connectivity index (χ3v) is 2.44. The topological polar surface area (TPSA) is 94.2 Å². The van der Waals surface area contributed by atoms with E-state index in [1.54, 1.807) is 4.90 Å². The average Bonchev–Trinajstić information content (AvgIpc) is 2.87. The lowest BCUT2D eigenvalue weighted by molar-refractivity contribution is -0.394. The summed E-state index contributed by atoms with van der Waals surface area (Å²) in [5.41, 5.74) is 0. The quantitative estimate of drug-likeness (QED) is 0.524. The van der Waals surface area contributed by atoms with Crippen molar-refractivity contribution in [3.8, 4) is 0 Å². The molecule has 1 saturated heterocycles. The molecule has 0 spiro atoms. The van der Waals surface area contributed by atoms with Gasteiger partial charge in [0, 0.05) is 18.2 Å². The smallest absolute Gasteiger partial charge is 0.390 e. The van der Waals surface area contributed by atoms with E-state index in [0.29, 0.717) is 0 Å². The molecule has 0 unspecified atom stereocenters. The van der Waals surface area contributed by atoms with E-state index in [9.17, 15) is 14.9 Å². The van der Waals surface area contributed by atoms with Crippen LogP contribution in [0.2, 0.25) is 0 Å². The molecule has 0 atom stereocenters. The average molecular weight is 225 g/mol. The Morgan fingerprint density at radius 3 is 2.75 bits per heavy atom. The number of carbonyl (C=O) groups excluding carboxylic acids is 1. The Kier molecular flexibility index (Phi) is 2.80. The SMILES string of the molecule is O=C(Cn1cnc([N+](=O)[O-])n1)N1CCCC1. The number of amides is 1. The molecule has 1 fully saturated rings. The Hall–Kier alpha value is -1.99. The van der Waals surface area contributed by atoms with Crippen LogP contribution in [0.25, 0.3) is 0 Å². The van der Waals surface area contributed by atoms with E-state index in [1.807, 2.05) is 0 Å². The van der Waals surface area contributed by atoms with E-state index in [1.165, 1.54) is 11.0 Å². The van der Waals surface area contributed by atoms with Crippen LogP contribution in [0.5, 0.6) is 0 Å². The predicted octanol–water partition coefficient (Wildman–Crippen LogP) is -0.191. The summed E-state index contributed by atoms with van der Waals surface area (Å²) in [5.74, 6) is -0.550. The molecule has 1 aromatic heterocycles. The highest BCUT2D eigenvalue weighted by Crippen LogP contribution is 2.08. The first kappa shape index (κ1) is 10.5. The second-order valence-electron chi connectivity index (χ2n) is 3.59. The zero-order valence-electron chi connectivity index (χ0n) is 8.57. The van der Waals surface area contributed by atoms with Crippen molar-refractivity contribution in [3.63, 3.8) is 0 Å². The second-order valence-corrected chi connectivity index (χ2v) is 3.59. The van der Waals surface area contributed by atoms with Crippen molar-refractivity contribution in [2.45, 2.75) is 19.4 Å². The lowest BCUT2D eigenvalue weighted by Gasteiger charge is -2.13. The van der Waals surface area contributed by atoms with Crippen LogP contribution >= 0.6 is 0 Å². The third-order valence-electron chi connectivity index (χ3n) is 2.44. The number of aromatic nitrogens is 3. The van der Waals surface area contributed by atoms with E-state index in [4.69, 9.17) is 0 Å². The fraction of sp³-hybridized carbons (Fsp3) is 0.625. The Morgan fingerprint density at radius 2 is 2.19 bits per heavy atom. The van der Waals surface area contributed by atoms with E-state index in [0.717, 1.165) is 25.9 Å². The first-order chi connectivity index (χ1) is 7.66. The van der Waals surface area contributed by atoms with Gasteiger partial charge in [0.1, 0.15) is 6.54 Å². The third kappa shape index (κ3) is 2.15. The van der Waals surface area contributed by atoms with Crippen LogP contribution in [-0.4, -0.2) is 43.6 Å². The first-order valence-corrected chi connectivity index (χ1v) is 4.98. The molecule has 1 amide bonds. The van der Waals surface area contributed by atoms with Gasteiger partial charge in [0.25, 0.3) is 0 Å². The van der Waals surface area contributed by atoms with Crippen molar-refractivity contribution in [2.75, 3.05) is 13.1 Å². The van der Waals surface area contributed by atoms with Crippen molar-refractivity contribution < 1.29 is 9.72 Å². The molecule has 1 aliphatic rings. The van der Waals surface area contributed by atoms with E-state index in [2.05, 4.69) is 10.1 Å². The van der Waals surface area contributed by atoms with Crippen molar-refractivity contribution >= 4 is 11.9 Å². The van der Waals surface area contributed by atoms with Gasteiger partial charge in [-0.15, -0.1) is 0 Å². The van der Waals surface area contributed by atoms with Gasteiger partial charge in [-0.1, -0.05) is 4.98 Å². The van der Waals surface area contributed by atoms with Crippen molar-refractivity contribution in [3.05, 3.63) is 16.4 Å². The van der Waals surface area contributed by atoms with Gasteiger partial charge in [-0.05, 0) is 17.8 Å². The number of nitrogens with zero attached hydrogens (tertiary/aromatic N) is 5. The number of hydrogen-bond donors (Lipinski definition) is 0. The predicted molar refractivity (Wildman–Crippen MR) is 52.5 cm³/mol. The van der Waals surface area contributed by atoms with Gasteiger partial charge in [-0.3, -0.25) is 4.79 Å². The fourth-order valence-electron chi connectivity index (χ4n) is 1.65. The fourth-order valence-corrected chi connectivity index (χ4v) is 1.65. The molecular formula is C8H11N5O3. The maximum Gasteiger partial charge on any atom is 0.490 e. The zero-order valence-corrected chi connectivity index (χ0v) is 8.57. The second kappa shape index (κ2) is 4.25. The molecule has 86 valence electrons. The number of carbonyl (C=O) groups is 1. The zero-order chi connectivity index (χ0) is 11.5. The molecule has 1 aromatic rings. The minimum Gasteiger partial charge on any atom is -0.390 e. The number of hydrogen-bond acceptors (Lipinski definition) is 5. The van der Waals surface area contributed by atoms with Gasteiger partial charge < -0.3 is 15.0 Å². The summed E-state index contributed by atoms with van der Waals surface area (Å²) < 4.78 is 1.19. The summed E-state index contributed by atoms with van der Waals surface area (Å²) in [7, 11) is 0. The summed E-state index contributed by atoms with van der Waals surface area (Å²) in [4.78, 5) is 26.5. The lowest BCUT2D eigenvalue weighted by atomic mass is 10.4. The first-order valence-electron chi connectivity index (χ1n) is 4.98. The van der Waals surface area contributed by atoms with Crippen LogP contribution in [0, 0.1) is 10.1 Å². The summed E-state index contributed by atoms with van der Waals surface area (Å²) in [6.45, 7) is 1.53. The Morgan fingerprint density at radius 1 is 1.50 bits per heavy atom. The number of likely N-dealkylation sites (tertiary alicyclic amines) is 1. The van der Waals surface area contributed by atoms with Gasteiger partial charge in [-0.2, -0.15) is 4.68 Å². The summed E-state index contributed by atoms with van der Waals surface area (Å²) >= 11 is 0. The van der Waals surface area contributed by atoms with Gasteiger partial charge in [-0.25, -0.2) is 0 Å². The normalized spacial score (nSPS) is 15.4. The maximum atomic E-state index is 11.7. The van der Waals surface area contributed by atoms with Crippen LogP contribution in [0.4, 0.5) is 5.95 Å². The molecule has 0 saturated carbocycles. The maximum absolute atomic E-state index is 11.7.